The number of ketones is 3. The van der Waals surface area contributed by atoms with Crippen LogP contribution in [-0.4, -0.2) is 69.2 Å². The van der Waals surface area contributed by atoms with Crippen molar-refractivity contribution in [3.63, 3.8) is 0 Å². The molecule has 0 saturated heterocycles. The summed E-state index contributed by atoms with van der Waals surface area (Å²) in [4.78, 5) is 52.6. The summed E-state index contributed by atoms with van der Waals surface area (Å²) in [6.07, 6.45) is 3.86. The van der Waals surface area contributed by atoms with Crippen molar-refractivity contribution in [1.29, 1.82) is 0 Å². The number of hydrogen-bond acceptors (Lipinski definition) is 8. The van der Waals surface area contributed by atoms with Crippen LogP contribution in [0, 0.1) is 23.7 Å². The van der Waals surface area contributed by atoms with Gasteiger partial charge in [0.2, 0.25) is 5.78 Å². The van der Waals surface area contributed by atoms with Crippen molar-refractivity contribution in [3.05, 3.63) is 46.0 Å². The molecule has 4 aliphatic carbocycles. The van der Waals surface area contributed by atoms with Crippen LogP contribution in [0.2, 0.25) is 0 Å². The fourth-order valence-corrected chi connectivity index (χ4v) is 6.16. The number of nitrogens with two attached hydrogens (primary N) is 1. The molecular weight excluding hydrogens is 428 g/mol. The quantitative estimate of drug-likeness (QED) is 0.451. The molecule has 0 heterocycles. The van der Waals surface area contributed by atoms with Crippen molar-refractivity contribution >= 4 is 23.3 Å². The van der Waals surface area contributed by atoms with Crippen molar-refractivity contribution in [2.45, 2.75) is 38.3 Å². The van der Waals surface area contributed by atoms with E-state index in [1.165, 1.54) is 11.8 Å². The Hall–Kier alpha value is -3.04. The van der Waals surface area contributed by atoms with Crippen LogP contribution in [0.1, 0.15) is 26.7 Å². The lowest BCUT2D eigenvalue weighted by atomic mass is 9.56. The minimum atomic E-state index is -2.58. The zero-order chi connectivity index (χ0) is 24.6. The highest BCUT2D eigenvalue weighted by Crippen LogP contribution is 2.54. The molecule has 0 aliphatic heterocycles. The summed E-state index contributed by atoms with van der Waals surface area (Å²) in [6, 6.07) is -1.00. The molecule has 0 radical (unpaired) electrons. The highest BCUT2D eigenvalue weighted by molar-refractivity contribution is 6.24. The Bertz CT molecular complexity index is 1130. The Labute approximate surface area is 190 Å². The second kappa shape index (κ2) is 7.50. The molecule has 33 heavy (non-hydrogen) atoms. The summed E-state index contributed by atoms with van der Waals surface area (Å²) < 4.78 is 0. The van der Waals surface area contributed by atoms with Crippen LogP contribution in [0.15, 0.2) is 46.0 Å². The first kappa shape index (κ1) is 23.1. The molecule has 1 saturated carbocycles. The fourth-order valence-electron chi connectivity index (χ4n) is 6.16. The minimum absolute atomic E-state index is 0.0522. The summed E-state index contributed by atoms with van der Waals surface area (Å²) in [5.74, 6) is -6.96. The number of primary amides is 1. The Morgan fingerprint density at radius 3 is 2.39 bits per heavy atom. The lowest BCUT2D eigenvalue weighted by Crippen LogP contribution is -2.64. The van der Waals surface area contributed by atoms with Gasteiger partial charge in [0.05, 0.1) is 12.0 Å². The Kier molecular flexibility index (Phi) is 5.25. The Morgan fingerprint density at radius 2 is 1.85 bits per heavy atom. The zero-order valence-electron chi connectivity index (χ0n) is 19.0. The van der Waals surface area contributed by atoms with Crippen molar-refractivity contribution in [1.82, 2.24) is 4.90 Å². The van der Waals surface area contributed by atoms with E-state index in [1.807, 2.05) is 6.92 Å². The van der Waals surface area contributed by atoms with Crippen LogP contribution in [0.5, 0.6) is 0 Å². The van der Waals surface area contributed by atoms with Gasteiger partial charge in [-0.2, -0.15) is 0 Å². The molecular formula is C24H28N2O7. The average molecular weight is 456 g/mol. The smallest absolute Gasteiger partial charge is 0.255 e. The number of rotatable bonds is 3. The van der Waals surface area contributed by atoms with Crippen molar-refractivity contribution in [3.8, 4) is 0 Å². The van der Waals surface area contributed by atoms with Crippen molar-refractivity contribution < 1.29 is 34.5 Å². The maximum Gasteiger partial charge on any atom is 0.255 e. The van der Waals surface area contributed by atoms with E-state index < -0.39 is 64.0 Å². The molecule has 176 valence electrons. The largest absolute Gasteiger partial charge is 0.510 e. The Balaban J connectivity index is 1.94. The van der Waals surface area contributed by atoms with Gasteiger partial charge in [0.15, 0.2) is 17.2 Å². The lowest BCUT2D eigenvalue weighted by Gasteiger charge is -2.51. The van der Waals surface area contributed by atoms with E-state index in [0.29, 0.717) is 17.6 Å². The predicted molar refractivity (Wildman–Crippen MR) is 117 cm³/mol. The number of carbonyl (C=O) groups is 4. The first-order valence-corrected chi connectivity index (χ1v) is 10.9. The molecule has 1 fully saturated rings. The topological polar surface area (TPSA) is 158 Å². The number of amides is 1. The molecule has 0 aromatic heterocycles. The second-order valence-electron chi connectivity index (χ2n) is 9.69. The number of allylic oxidation sites excluding steroid dienone is 5. The van der Waals surface area contributed by atoms with Crippen molar-refractivity contribution in [2.75, 3.05) is 14.1 Å². The second-order valence-corrected chi connectivity index (χ2v) is 9.69. The molecule has 5 N–H and O–H groups in total. The molecule has 9 nitrogen and oxygen atoms in total. The monoisotopic (exact) mass is 456 g/mol. The molecule has 0 bridgehead atoms. The van der Waals surface area contributed by atoms with Gasteiger partial charge in [0.1, 0.15) is 17.1 Å². The summed E-state index contributed by atoms with van der Waals surface area (Å²) in [6.45, 7) is 3.26. The molecule has 4 rings (SSSR count). The van der Waals surface area contributed by atoms with Gasteiger partial charge in [0, 0.05) is 17.1 Å². The minimum Gasteiger partial charge on any atom is -0.510 e. The summed E-state index contributed by atoms with van der Waals surface area (Å²) >= 11 is 0. The average Bonchev–Trinajstić information content (AvgIpc) is 2.70. The number of aliphatic hydroxyl groups excluding tert-OH is 2. The van der Waals surface area contributed by atoms with E-state index in [2.05, 4.69) is 0 Å². The summed E-state index contributed by atoms with van der Waals surface area (Å²) in [5, 5.41) is 33.6. The van der Waals surface area contributed by atoms with Gasteiger partial charge in [-0.25, -0.2) is 0 Å². The molecule has 1 amide bonds. The van der Waals surface area contributed by atoms with Gasteiger partial charge >= 0.3 is 0 Å². The highest BCUT2D eigenvalue weighted by Gasteiger charge is 2.63. The molecule has 1 unspecified atom stereocenters. The third kappa shape index (κ3) is 2.99. The lowest BCUT2D eigenvalue weighted by molar-refractivity contribution is -0.149. The number of nitrogens with zero attached hydrogens (tertiary/aromatic N) is 1. The zero-order valence-corrected chi connectivity index (χ0v) is 19.0. The van der Waals surface area contributed by atoms with E-state index in [1.54, 1.807) is 26.2 Å². The highest BCUT2D eigenvalue weighted by atomic mass is 16.3. The molecule has 0 aromatic rings. The van der Waals surface area contributed by atoms with Gasteiger partial charge < -0.3 is 21.1 Å². The number of Topliss-reactive ketones (excluding diaryl/α,β-unsaturated/α-hetero) is 3. The number of fused-ring (bicyclic) bond motifs is 3. The molecule has 0 spiro atoms. The van der Waals surface area contributed by atoms with E-state index in [4.69, 9.17) is 5.73 Å². The number of carbonyl (C=O) groups excluding carboxylic acids is 4. The first-order valence-electron chi connectivity index (χ1n) is 10.9. The first-order chi connectivity index (χ1) is 15.3. The standard InChI is InChI=1S/C24H28N2O7/c1-9-5-6-12(10(2)27)13-7-11-8-14-18(26(3)4)20(29)17(23(25)32)22(31)24(14,33)21(30)16(11)19(28)15(9)13/h5-6,9,11,14-15,18,29-30,33H,7-8H2,1-4H3,(H2,25,32)/t9?,11-,14-,15-,18-,24-/m0/s1. The van der Waals surface area contributed by atoms with E-state index in [9.17, 15) is 34.5 Å². The molecule has 6 atom stereocenters. The summed E-state index contributed by atoms with van der Waals surface area (Å²) in [7, 11) is 3.19. The van der Waals surface area contributed by atoms with Crippen LogP contribution in [0.3, 0.4) is 0 Å². The van der Waals surface area contributed by atoms with Gasteiger partial charge in [-0.15, -0.1) is 0 Å². The number of hydrogen-bond donors (Lipinski definition) is 4. The van der Waals surface area contributed by atoms with Gasteiger partial charge in [-0.1, -0.05) is 19.1 Å². The third-order valence-electron chi connectivity index (χ3n) is 7.60. The third-order valence-corrected chi connectivity index (χ3v) is 7.60. The van der Waals surface area contributed by atoms with Gasteiger partial charge in [0.25, 0.3) is 5.91 Å². The number of aliphatic hydroxyl groups is 3. The van der Waals surface area contributed by atoms with Crippen LogP contribution in [0.25, 0.3) is 0 Å². The normalized spacial score (nSPS) is 36.1. The van der Waals surface area contributed by atoms with Crippen LogP contribution in [-0.2, 0) is 19.2 Å². The van der Waals surface area contributed by atoms with Gasteiger partial charge in [-0.05, 0) is 51.3 Å². The Morgan fingerprint density at radius 1 is 1.21 bits per heavy atom. The molecule has 9 heteroatoms. The SMILES string of the molecule is CC(=O)C1=C2C[C@H]3C[C@H]4[C@H](N(C)C)C(O)=C(C(N)=O)C(=O)[C@@]4(O)C(O)=C3C(=O)[C@H]2C(C)C=C1. The predicted octanol–water partition coefficient (Wildman–Crippen LogP) is 0.657. The van der Waals surface area contributed by atoms with E-state index >= 15 is 0 Å². The van der Waals surface area contributed by atoms with Crippen LogP contribution < -0.4 is 5.73 Å². The maximum absolute atomic E-state index is 13.6. The van der Waals surface area contributed by atoms with Gasteiger partial charge in [-0.3, -0.25) is 24.1 Å². The molecule has 0 aromatic carbocycles. The summed E-state index contributed by atoms with van der Waals surface area (Å²) in [5.41, 5.74) is 3.07. The maximum atomic E-state index is 13.6. The molecule has 4 aliphatic rings. The fraction of sp³-hybridized carbons (Fsp3) is 0.500. The van der Waals surface area contributed by atoms with E-state index in [0.717, 1.165) is 0 Å². The number of likely N-dealkylation sites (N-methyl/N-ethyl adjacent to an activating group) is 1. The van der Waals surface area contributed by atoms with Crippen molar-refractivity contribution in [2.24, 2.45) is 29.4 Å². The van der Waals surface area contributed by atoms with Crippen LogP contribution >= 0.6 is 0 Å². The van der Waals surface area contributed by atoms with Crippen LogP contribution in [0.4, 0.5) is 0 Å². The van der Waals surface area contributed by atoms with E-state index in [-0.39, 0.29) is 23.7 Å².